The Morgan fingerprint density at radius 2 is 2.04 bits per heavy atom. The van der Waals surface area contributed by atoms with Gasteiger partial charge in [-0.2, -0.15) is 0 Å². The molecule has 0 bridgehead atoms. The highest BCUT2D eigenvalue weighted by molar-refractivity contribution is 5.76. The summed E-state index contributed by atoms with van der Waals surface area (Å²) in [7, 11) is 1.67. The van der Waals surface area contributed by atoms with Crippen LogP contribution in [0, 0.1) is 0 Å². The Kier molecular flexibility index (Phi) is 5.58. The second-order valence-electron chi connectivity index (χ2n) is 6.27. The number of nitrogens with zero attached hydrogens (tertiary/aromatic N) is 4. The number of carbonyl (C=O) groups excluding carboxylic acids is 1. The van der Waals surface area contributed by atoms with Crippen molar-refractivity contribution < 1.29 is 9.53 Å². The van der Waals surface area contributed by atoms with E-state index in [0.717, 1.165) is 56.4 Å². The molecule has 0 spiro atoms. The number of hydrogen-bond donors (Lipinski definition) is 0. The van der Waals surface area contributed by atoms with Crippen molar-refractivity contribution in [1.82, 2.24) is 14.5 Å². The number of carbonyl (C=O) groups is 1. The molecule has 0 saturated carbocycles. The molecule has 0 radical (unpaired) electrons. The van der Waals surface area contributed by atoms with Crippen molar-refractivity contribution in [2.45, 2.75) is 26.2 Å². The van der Waals surface area contributed by atoms with Gasteiger partial charge < -0.3 is 14.5 Å². The van der Waals surface area contributed by atoms with Gasteiger partial charge in [-0.3, -0.25) is 9.36 Å². The van der Waals surface area contributed by atoms with Crippen LogP contribution in [-0.2, 0) is 4.79 Å². The van der Waals surface area contributed by atoms with Gasteiger partial charge in [-0.1, -0.05) is 19.4 Å². The number of rotatable bonds is 6. The van der Waals surface area contributed by atoms with Crippen LogP contribution >= 0.6 is 0 Å². The Balaban J connectivity index is 1.68. The average molecular weight is 342 g/mol. The van der Waals surface area contributed by atoms with E-state index in [0.29, 0.717) is 6.42 Å². The average Bonchev–Trinajstić information content (AvgIpc) is 3.16. The predicted molar refractivity (Wildman–Crippen MR) is 98.4 cm³/mol. The van der Waals surface area contributed by atoms with Gasteiger partial charge in [0.05, 0.1) is 12.8 Å². The van der Waals surface area contributed by atoms with Crippen LogP contribution in [0.1, 0.15) is 26.2 Å². The molecule has 6 heteroatoms. The first kappa shape index (κ1) is 17.3. The summed E-state index contributed by atoms with van der Waals surface area (Å²) < 4.78 is 7.39. The summed E-state index contributed by atoms with van der Waals surface area (Å²) in [6, 6.07) is 7.94. The van der Waals surface area contributed by atoms with Crippen LogP contribution < -0.4 is 9.64 Å². The van der Waals surface area contributed by atoms with Crippen molar-refractivity contribution in [3.8, 4) is 11.4 Å². The van der Waals surface area contributed by atoms with E-state index in [2.05, 4.69) is 21.4 Å². The van der Waals surface area contributed by atoms with E-state index < -0.39 is 0 Å². The van der Waals surface area contributed by atoms with E-state index in [1.807, 2.05) is 41.6 Å². The minimum atomic E-state index is 0.276. The number of amides is 1. The van der Waals surface area contributed by atoms with Crippen LogP contribution in [0.4, 0.5) is 5.95 Å². The van der Waals surface area contributed by atoms with Gasteiger partial charge in [0.15, 0.2) is 0 Å². The number of anilines is 1. The fraction of sp³-hybridized carbons (Fsp3) is 0.474. The Morgan fingerprint density at radius 1 is 1.24 bits per heavy atom. The minimum absolute atomic E-state index is 0.276. The molecular formula is C19H26N4O2. The lowest BCUT2D eigenvalue weighted by Crippen LogP contribution is -2.49. The van der Waals surface area contributed by atoms with Crippen molar-refractivity contribution in [2.24, 2.45) is 0 Å². The zero-order valence-electron chi connectivity index (χ0n) is 15.0. The van der Waals surface area contributed by atoms with Crippen LogP contribution in [0.15, 0.2) is 36.7 Å². The SMILES string of the molecule is CCCCC(=O)N1CCN(c2nccn2-c2cccc(OC)c2)CC1. The Hall–Kier alpha value is -2.50. The van der Waals surface area contributed by atoms with Gasteiger partial charge in [-0.05, 0) is 18.6 Å². The lowest BCUT2D eigenvalue weighted by atomic mass is 10.2. The fourth-order valence-corrected chi connectivity index (χ4v) is 3.13. The third-order valence-electron chi connectivity index (χ3n) is 4.61. The largest absolute Gasteiger partial charge is 0.497 e. The van der Waals surface area contributed by atoms with Crippen molar-refractivity contribution in [3.05, 3.63) is 36.7 Å². The summed E-state index contributed by atoms with van der Waals surface area (Å²) in [4.78, 5) is 20.9. The molecule has 25 heavy (non-hydrogen) atoms. The lowest BCUT2D eigenvalue weighted by molar-refractivity contribution is -0.131. The van der Waals surface area contributed by atoms with Crippen LogP contribution in [0.2, 0.25) is 0 Å². The standard InChI is InChI=1S/C19H26N4O2/c1-3-4-8-18(24)21-11-13-22(14-12-21)19-20-9-10-23(19)16-6-5-7-17(15-16)25-2/h5-7,9-10,15H,3-4,8,11-14H2,1-2H3. The van der Waals surface area contributed by atoms with E-state index in [-0.39, 0.29) is 5.91 Å². The molecule has 2 heterocycles. The maximum Gasteiger partial charge on any atom is 0.222 e. The summed E-state index contributed by atoms with van der Waals surface area (Å²) >= 11 is 0. The van der Waals surface area contributed by atoms with E-state index >= 15 is 0 Å². The van der Waals surface area contributed by atoms with Gasteiger partial charge >= 0.3 is 0 Å². The Labute approximate surface area is 149 Å². The molecule has 2 aromatic rings. The first-order valence-electron chi connectivity index (χ1n) is 8.93. The second-order valence-corrected chi connectivity index (χ2v) is 6.27. The summed E-state index contributed by atoms with van der Waals surface area (Å²) in [5.41, 5.74) is 1.02. The van der Waals surface area contributed by atoms with Crippen molar-refractivity contribution in [2.75, 3.05) is 38.2 Å². The molecule has 134 valence electrons. The summed E-state index contributed by atoms with van der Waals surface area (Å²) in [5.74, 6) is 2.01. The highest BCUT2D eigenvalue weighted by Crippen LogP contribution is 2.23. The maximum atomic E-state index is 12.2. The molecule has 0 atom stereocenters. The quantitative estimate of drug-likeness (QED) is 0.810. The summed E-state index contributed by atoms with van der Waals surface area (Å²) in [5, 5.41) is 0. The van der Waals surface area contributed by atoms with Crippen LogP contribution in [0.3, 0.4) is 0 Å². The minimum Gasteiger partial charge on any atom is -0.497 e. The third-order valence-corrected chi connectivity index (χ3v) is 4.61. The molecule has 0 unspecified atom stereocenters. The smallest absolute Gasteiger partial charge is 0.222 e. The first-order chi connectivity index (χ1) is 12.2. The Bertz CT molecular complexity index is 705. The topological polar surface area (TPSA) is 50.6 Å². The molecule has 1 amide bonds. The summed E-state index contributed by atoms with van der Waals surface area (Å²) in [6.07, 6.45) is 6.47. The number of methoxy groups -OCH3 is 1. The van der Waals surface area contributed by atoms with Gasteiger partial charge in [0, 0.05) is 51.1 Å². The molecule has 1 aliphatic rings. The van der Waals surface area contributed by atoms with Gasteiger partial charge in [0.25, 0.3) is 0 Å². The van der Waals surface area contributed by atoms with E-state index in [4.69, 9.17) is 4.74 Å². The summed E-state index contributed by atoms with van der Waals surface area (Å²) in [6.45, 7) is 5.24. The molecule has 1 aromatic carbocycles. The monoisotopic (exact) mass is 342 g/mol. The van der Waals surface area contributed by atoms with Crippen molar-refractivity contribution in [1.29, 1.82) is 0 Å². The molecule has 3 rings (SSSR count). The molecule has 6 nitrogen and oxygen atoms in total. The van der Waals surface area contributed by atoms with E-state index in [1.165, 1.54) is 0 Å². The van der Waals surface area contributed by atoms with Gasteiger partial charge in [0.2, 0.25) is 11.9 Å². The second kappa shape index (κ2) is 8.05. The van der Waals surface area contributed by atoms with Gasteiger partial charge in [-0.15, -0.1) is 0 Å². The molecule has 0 N–H and O–H groups in total. The van der Waals surface area contributed by atoms with Crippen molar-refractivity contribution >= 4 is 11.9 Å². The van der Waals surface area contributed by atoms with Gasteiger partial charge in [0.1, 0.15) is 5.75 Å². The van der Waals surface area contributed by atoms with E-state index in [9.17, 15) is 4.79 Å². The highest BCUT2D eigenvalue weighted by atomic mass is 16.5. The fourth-order valence-electron chi connectivity index (χ4n) is 3.13. The molecule has 1 fully saturated rings. The number of unbranched alkanes of at least 4 members (excludes halogenated alkanes) is 1. The normalized spacial score (nSPS) is 14.6. The zero-order chi connectivity index (χ0) is 17.6. The molecule has 0 aliphatic carbocycles. The number of hydrogen-bond acceptors (Lipinski definition) is 4. The van der Waals surface area contributed by atoms with Crippen LogP contribution in [-0.4, -0.2) is 53.6 Å². The first-order valence-corrected chi connectivity index (χ1v) is 8.93. The highest BCUT2D eigenvalue weighted by Gasteiger charge is 2.23. The molecule has 1 aliphatic heterocycles. The number of imidazole rings is 1. The van der Waals surface area contributed by atoms with Crippen molar-refractivity contribution in [3.63, 3.8) is 0 Å². The third kappa shape index (κ3) is 3.95. The van der Waals surface area contributed by atoms with Crippen LogP contribution in [0.25, 0.3) is 5.69 Å². The lowest BCUT2D eigenvalue weighted by Gasteiger charge is -2.35. The van der Waals surface area contributed by atoms with Gasteiger partial charge in [-0.25, -0.2) is 4.98 Å². The molecule has 1 saturated heterocycles. The number of aromatic nitrogens is 2. The van der Waals surface area contributed by atoms with Crippen LogP contribution in [0.5, 0.6) is 5.75 Å². The maximum absolute atomic E-state index is 12.2. The predicted octanol–water partition coefficient (Wildman–Crippen LogP) is 2.72. The number of piperazine rings is 1. The Morgan fingerprint density at radius 3 is 2.76 bits per heavy atom. The zero-order valence-corrected chi connectivity index (χ0v) is 15.0. The molecule has 1 aromatic heterocycles. The van der Waals surface area contributed by atoms with E-state index in [1.54, 1.807) is 7.11 Å². The number of ether oxygens (including phenoxy) is 1. The number of benzene rings is 1. The molecular weight excluding hydrogens is 316 g/mol.